The molecule has 0 heterocycles. The SMILES string of the molecule is CC(CS(C)(=O)=O)NC(=O)c1cc(S)ccc1Br. The van der Waals surface area contributed by atoms with Gasteiger partial charge in [0, 0.05) is 21.7 Å². The molecular formula is C11H14BrNO3S2. The summed E-state index contributed by atoms with van der Waals surface area (Å²) in [7, 11) is -3.11. The van der Waals surface area contributed by atoms with Crippen LogP contribution in [0.3, 0.4) is 0 Å². The van der Waals surface area contributed by atoms with E-state index in [0.29, 0.717) is 14.9 Å². The fraction of sp³-hybridized carbons (Fsp3) is 0.364. The second-order valence-corrected chi connectivity index (χ2v) is 7.69. The van der Waals surface area contributed by atoms with Gasteiger partial charge in [-0.1, -0.05) is 0 Å². The van der Waals surface area contributed by atoms with E-state index in [1.807, 2.05) is 0 Å². The molecule has 0 spiro atoms. The van der Waals surface area contributed by atoms with Crippen LogP contribution in [0.25, 0.3) is 0 Å². The number of rotatable bonds is 4. The molecule has 0 aliphatic heterocycles. The van der Waals surface area contributed by atoms with Crippen molar-refractivity contribution in [3.8, 4) is 0 Å². The van der Waals surface area contributed by atoms with E-state index >= 15 is 0 Å². The van der Waals surface area contributed by atoms with Crippen molar-refractivity contribution < 1.29 is 13.2 Å². The first-order valence-electron chi connectivity index (χ1n) is 5.16. The van der Waals surface area contributed by atoms with Gasteiger partial charge >= 0.3 is 0 Å². The molecule has 0 aromatic heterocycles. The topological polar surface area (TPSA) is 63.2 Å². The summed E-state index contributed by atoms with van der Waals surface area (Å²) >= 11 is 7.43. The van der Waals surface area contributed by atoms with Crippen molar-refractivity contribution in [2.45, 2.75) is 17.9 Å². The van der Waals surface area contributed by atoms with Gasteiger partial charge in [-0.3, -0.25) is 4.79 Å². The molecule has 0 radical (unpaired) electrons. The highest BCUT2D eigenvalue weighted by Gasteiger charge is 2.16. The third kappa shape index (κ3) is 4.99. The summed E-state index contributed by atoms with van der Waals surface area (Å²) in [6.45, 7) is 1.65. The van der Waals surface area contributed by atoms with Gasteiger partial charge in [-0.15, -0.1) is 12.6 Å². The maximum atomic E-state index is 11.9. The van der Waals surface area contributed by atoms with Gasteiger partial charge in [0.25, 0.3) is 5.91 Å². The Balaban J connectivity index is 2.80. The second-order valence-electron chi connectivity index (χ2n) is 4.13. The Labute approximate surface area is 121 Å². The van der Waals surface area contributed by atoms with Gasteiger partial charge in [0.1, 0.15) is 9.84 Å². The van der Waals surface area contributed by atoms with Crippen LogP contribution in [-0.2, 0) is 9.84 Å². The quantitative estimate of drug-likeness (QED) is 0.814. The Bertz CT molecular complexity index is 557. The standard InChI is InChI=1S/C11H14BrNO3S2/c1-7(6-18(2,15)16)13-11(14)9-5-8(17)3-4-10(9)12/h3-5,7,17H,6H2,1-2H3,(H,13,14). The van der Waals surface area contributed by atoms with Crippen LogP contribution < -0.4 is 5.32 Å². The zero-order chi connectivity index (χ0) is 13.9. The summed E-state index contributed by atoms with van der Waals surface area (Å²) in [6.07, 6.45) is 1.14. The van der Waals surface area contributed by atoms with Crippen LogP contribution in [0.2, 0.25) is 0 Å². The average molecular weight is 352 g/mol. The summed E-state index contributed by atoms with van der Waals surface area (Å²) in [6, 6.07) is 4.65. The minimum Gasteiger partial charge on any atom is -0.349 e. The van der Waals surface area contributed by atoms with Gasteiger partial charge in [0.2, 0.25) is 0 Å². The summed E-state index contributed by atoms with van der Waals surface area (Å²) in [5, 5.41) is 2.64. The third-order valence-corrected chi connectivity index (χ3v) is 4.20. The van der Waals surface area contributed by atoms with Crippen LogP contribution in [0.1, 0.15) is 17.3 Å². The number of thiol groups is 1. The lowest BCUT2D eigenvalue weighted by Gasteiger charge is -2.13. The Kier molecular flexibility index (Phi) is 5.24. The number of hydrogen-bond donors (Lipinski definition) is 2. The molecule has 1 rings (SSSR count). The van der Waals surface area contributed by atoms with Crippen LogP contribution in [0, 0.1) is 0 Å². The largest absolute Gasteiger partial charge is 0.349 e. The van der Waals surface area contributed by atoms with Crippen molar-refractivity contribution in [3.05, 3.63) is 28.2 Å². The first-order chi connectivity index (χ1) is 8.19. The zero-order valence-electron chi connectivity index (χ0n) is 9.97. The van der Waals surface area contributed by atoms with Gasteiger partial charge in [-0.05, 0) is 41.1 Å². The lowest BCUT2D eigenvalue weighted by molar-refractivity contribution is 0.0942. The maximum Gasteiger partial charge on any atom is 0.252 e. The third-order valence-electron chi connectivity index (χ3n) is 2.12. The first-order valence-corrected chi connectivity index (χ1v) is 8.46. The molecule has 0 saturated carbocycles. The van der Waals surface area contributed by atoms with Gasteiger partial charge in [-0.25, -0.2) is 8.42 Å². The Morgan fingerprint density at radius 2 is 2.11 bits per heavy atom. The number of benzene rings is 1. The molecule has 1 atom stereocenters. The van der Waals surface area contributed by atoms with E-state index in [0.717, 1.165) is 6.26 Å². The number of amides is 1. The van der Waals surface area contributed by atoms with Crippen molar-refractivity contribution in [2.24, 2.45) is 0 Å². The highest BCUT2D eigenvalue weighted by molar-refractivity contribution is 9.10. The number of carbonyl (C=O) groups excluding carboxylic acids is 1. The molecule has 0 bridgehead atoms. The van der Waals surface area contributed by atoms with Crippen LogP contribution in [0.4, 0.5) is 0 Å². The van der Waals surface area contributed by atoms with Gasteiger partial charge in [-0.2, -0.15) is 0 Å². The number of halogens is 1. The fourth-order valence-electron chi connectivity index (χ4n) is 1.48. The number of carbonyl (C=O) groups is 1. The molecule has 100 valence electrons. The van der Waals surface area contributed by atoms with Gasteiger partial charge in [0.15, 0.2) is 0 Å². The van der Waals surface area contributed by atoms with Crippen LogP contribution >= 0.6 is 28.6 Å². The molecule has 18 heavy (non-hydrogen) atoms. The number of hydrogen-bond acceptors (Lipinski definition) is 4. The Hall–Kier alpha value is -0.530. The molecule has 0 aliphatic rings. The second kappa shape index (κ2) is 6.08. The highest BCUT2D eigenvalue weighted by Crippen LogP contribution is 2.20. The van der Waals surface area contributed by atoms with Crippen molar-refractivity contribution in [2.75, 3.05) is 12.0 Å². The lowest BCUT2D eigenvalue weighted by atomic mass is 10.2. The molecule has 1 aromatic rings. The fourth-order valence-corrected chi connectivity index (χ4v) is 3.11. The molecule has 0 fully saturated rings. The van der Waals surface area contributed by atoms with Gasteiger partial charge in [0.05, 0.1) is 11.3 Å². The molecule has 1 unspecified atom stereocenters. The van der Waals surface area contributed by atoms with Crippen molar-refractivity contribution >= 4 is 44.3 Å². The first kappa shape index (κ1) is 15.5. The van der Waals surface area contributed by atoms with Crippen molar-refractivity contribution in [3.63, 3.8) is 0 Å². The summed E-state index contributed by atoms with van der Waals surface area (Å²) in [5.74, 6) is -0.411. The predicted octanol–water partition coefficient (Wildman–Crippen LogP) is 1.90. The summed E-state index contributed by atoms with van der Waals surface area (Å²) in [5.41, 5.74) is 0.433. The number of sulfone groups is 1. The van der Waals surface area contributed by atoms with E-state index in [1.54, 1.807) is 25.1 Å². The predicted molar refractivity (Wildman–Crippen MR) is 78.0 cm³/mol. The van der Waals surface area contributed by atoms with E-state index in [9.17, 15) is 13.2 Å². The van der Waals surface area contributed by atoms with E-state index in [1.165, 1.54) is 0 Å². The van der Waals surface area contributed by atoms with Crippen LogP contribution in [0.5, 0.6) is 0 Å². The molecule has 4 nitrogen and oxygen atoms in total. The molecule has 7 heteroatoms. The Morgan fingerprint density at radius 3 is 2.67 bits per heavy atom. The van der Waals surface area contributed by atoms with Gasteiger partial charge < -0.3 is 5.32 Å². The Morgan fingerprint density at radius 1 is 1.50 bits per heavy atom. The summed E-state index contributed by atoms with van der Waals surface area (Å²) in [4.78, 5) is 12.6. The number of nitrogens with one attached hydrogen (secondary N) is 1. The van der Waals surface area contributed by atoms with E-state index < -0.39 is 15.9 Å². The lowest BCUT2D eigenvalue weighted by Crippen LogP contribution is -2.37. The van der Waals surface area contributed by atoms with Crippen molar-refractivity contribution in [1.82, 2.24) is 5.32 Å². The molecule has 1 N–H and O–H groups in total. The molecule has 0 saturated heterocycles. The average Bonchev–Trinajstić information content (AvgIpc) is 2.18. The minimum atomic E-state index is -3.11. The zero-order valence-corrected chi connectivity index (χ0v) is 13.3. The van der Waals surface area contributed by atoms with E-state index in [4.69, 9.17) is 0 Å². The van der Waals surface area contributed by atoms with Crippen LogP contribution in [0.15, 0.2) is 27.6 Å². The smallest absolute Gasteiger partial charge is 0.252 e. The molecule has 1 amide bonds. The molecular weight excluding hydrogens is 338 g/mol. The normalized spacial score (nSPS) is 13.1. The highest BCUT2D eigenvalue weighted by atomic mass is 79.9. The van der Waals surface area contributed by atoms with Crippen LogP contribution in [-0.4, -0.2) is 32.4 Å². The van der Waals surface area contributed by atoms with E-state index in [-0.39, 0.29) is 11.7 Å². The maximum absolute atomic E-state index is 11.9. The van der Waals surface area contributed by atoms with Crippen molar-refractivity contribution in [1.29, 1.82) is 0 Å². The minimum absolute atomic E-state index is 0.0864. The summed E-state index contributed by atoms with van der Waals surface area (Å²) < 4.78 is 22.9. The molecule has 1 aromatic carbocycles. The van der Waals surface area contributed by atoms with E-state index in [2.05, 4.69) is 33.9 Å². The molecule has 0 aliphatic carbocycles. The monoisotopic (exact) mass is 351 g/mol.